The number of hydrogen-bond donors (Lipinski definition) is 1. The Morgan fingerprint density at radius 1 is 1.46 bits per heavy atom. The molecule has 1 heterocycles. The zero-order valence-electron chi connectivity index (χ0n) is 13.2. The molecule has 0 bridgehead atoms. The van der Waals surface area contributed by atoms with Crippen molar-refractivity contribution in [2.45, 2.75) is 19.6 Å². The van der Waals surface area contributed by atoms with Crippen molar-refractivity contribution in [3.05, 3.63) is 65.5 Å². The van der Waals surface area contributed by atoms with Gasteiger partial charge in [-0.3, -0.25) is 9.48 Å². The molecule has 0 saturated heterocycles. The monoisotopic (exact) mass is 347 g/mol. The van der Waals surface area contributed by atoms with Gasteiger partial charge in [0.2, 0.25) is 0 Å². The first kappa shape index (κ1) is 17.7. The van der Waals surface area contributed by atoms with Crippen molar-refractivity contribution in [3.8, 4) is 0 Å². The number of nitrogens with one attached hydrogen (secondary N) is 1. The van der Waals surface area contributed by atoms with Crippen LogP contribution in [0.5, 0.6) is 0 Å². The summed E-state index contributed by atoms with van der Waals surface area (Å²) in [7, 11) is 0. The number of amides is 1. The van der Waals surface area contributed by atoms with Crippen LogP contribution in [-0.2, 0) is 16.1 Å². The van der Waals surface area contributed by atoms with Crippen LogP contribution in [0.15, 0.2) is 49.3 Å². The smallest absolute Gasteiger partial charge is 0.342 e. The van der Waals surface area contributed by atoms with E-state index in [-0.39, 0.29) is 11.5 Å². The second kappa shape index (κ2) is 8.31. The molecule has 126 valence electrons. The second-order valence-corrected chi connectivity index (χ2v) is 5.51. The van der Waals surface area contributed by atoms with E-state index in [1.54, 1.807) is 23.0 Å². The largest absolute Gasteiger partial charge is 0.449 e. The van der Waals surface area contributed by atoms with Gasteiger partial charge < -0.3 is 10.1 Å². The fourth-order valence-electron chi connectivity index (χ4n) is 1.96. The van der Waals surface area contributed by atoms with Gasteiger partial charge in [0.1, 0.15) is 0 Å². The minimum absolute atomic E-state index is 0.269. The quantitative estimate of drug-likeness (QED) is 0.616. The van der Waals surface area contributed by atoms with Crippen LogP contribution in [0.2, 0.25) is 5.02 Å². The Kier molecular flexibility index (Phi) is 6.14. The van der Waals surface area contributed by atoms with Crippen molar-refractivity contribution in [1.29, 1.82) is 0 Å². The van der Waals surface area contributed by atoms with Gasteiger partial charge in [0, 0.05) is 17.8 Å². The van der Waals surface area contributed by atoms with Crippen LogP contribution >= 0.6 is 11.6 Å². The minimum Gasteiger partial charge on any atom is -0.449 e. The van der Waals surface area contributed by atoms with E-state index in [0.717, 1.165) is 5.56 Å². The van der Waals surface area contributed by atoms with Gasteiger partial charge in [-0.05, 0) is 18.6 Å². The van der Waals surface area contributed by atoms with Gasteiger partial charge >= 0.3 is 5.97 Å². The van der Waals surface area contributed by atoms with Crippen LogP contribution in [0.4, 0.5) is 0 Å². The summed E-state index contributed by atoms with van der Waals surface area (Å²) in [6, 6.07) is 7.40. The summed E-state index contributed by atoms with van der Waals surface area (Å²) in [5.74, 6) is -0.992. The lowest BCUT2D eigenvalue weighted by Crippen LogP contribution is -2.35. The molecule has 0 aliphatic heterocycles. The Morgan fingerprint density at radius 3 is 2.92 bits per heavy atom. The van der Waals surface area contributed by atoms with E-state index < -0.39 is 12.1 Å². The molecule has 2 rings (SSSR count). The van der Waals surface area contributed by atoms with E-state index in [4.69, 9.17) is 16.3 Å². The molecule has 1 atom stereocenters. The van der Waals surface area contributed by atoms with Crippen molar-refractivity contribution < 1.29 is 14.3 Å². The van der Waals surface area contributed by atoms with Gasteiger partial charge in [0.05, 0.1) is 18.3 Å². The number of carbonyl (C=O) groups excluding carboxylic acids is 2. The highest BCUT2D eigenvalue weighted by Crippen LogP contribution is 2.16. The van der Waals surface area contributed by atoms with E-state index in [9.17, 15) is 9.59 Å². The van der Waals surface area contributed by atoms with Crippen LogP contribution in [0.1, 0.15) is 22.8 Å². The lowest BCUT2D eigenvalue weighted by molar-refractivity contribution is -0.128. The maximum atomic E-state index is 12.1. The molecule has 0 saturated carbocycles. The van der Waals surface area contributed by atoms with Crippen molar-refractivity contribution >= 4 is 23.5 Å². The molecule has 1 aromatic heterocycles. The van der Waals surface area contributed by atoms with Crippen LogP contribution in [-0.4, -0.2) is 34.3 Å². The molecule has 1 unspecified atom stereocenters. The van der Waals surface area contributed by atoms with Gasteiger partial charge in [-0.2, -0.15) is 5.10 Å². The molecule has 0 aliphatic carbocycles. The molecule has 1 N–H and O–H groups in total. The van der Waals surface area contributed by atoms with Crippen molar-refractivity contribution in [2.75, 3.05) is 6.54 Å². The third-order valence-corrected chi connectivity index (χ3v) is 3.60. The number of rotatable bonds is 7. The fourth-order valence-corrected chi connectivity index (χ4v) is 2.15. The maximum absolute atomic E-state index is 12.1. The molecule has 0 spiro atoms. The minimum atomic E-state index is -0.899. The normalized spacial score (nSPS) is 11.6. The summed E-state index contributed by atoms with van der Waals surface area (Å²) in [6.45, 7) is 5.75. The predicted octanol–water partition coefficient (Wildman–Crippen LogP) is 2.43. The summed E-state index contributed by atoms with van der Waals surface area (Å²) < 4.78 is 6.70. The Bertz CT molecular complexity index is 742. The van der Waals surface area contributed by atoms with Crippen LogP contribution in [0.3, 0.4) is 0 Å². The lowest BCUT2D eigenvalue weighted by Gasteiger charge is -2.11. The van der Waals surface area contributed by atoms with Crippen LogP contribution in [0.25, 0.3) is 0 Å². The molecule has 0 aliphatic rings. The van der Waals surface area contributed by atoms with E-state index in [0.29, 0.717) is 18.1 Å². The first-order chi connectivity index (χ1) is 11.5. The Balaban J connectivity index is 1.97. The molecule has 1 amide bonds. The maximum Gasteiger partial charge on any atom is 0.342 e. The van der Waals surface area contributed by atoms with Crippen molar-refractivity contribution in [2.24, 2.45) is 0 Å². The molecule has 24 heavy (non-hydrogen) atoms. The first-order valence-corrected chi connectivity index (χ1v) is 7.74. The number of carbonyl (C=O) groups is 2. The highest BCUT2D eigenvalue weighted by molar-refractivity contribution is 6.31. The molecule has 6 nitrogen and oxygen atoms in total. The van der Waals surface area contributed by atoms with Gasteiger partial charge in [0.25, 0.3) is 5.91 Å². The van der Waals surface area contributed by atoms with Crippen molar-refractivity contribution in [3.63, 3.8) is 0 Å². The second-order valence-electron chi connectivity index (χ2n) is 5.10. The number of aromatic nitrogens is 2. The third-order valence-electron chi connectivity index (χ3n) is 3.23. The molecule has 2 aromatic rings. The highest BCUT2D eigenvalue weighted by atomic mass is 35.5. The van der Waals surface area contributed by atoms with Crippen LogP contribution in [0, 0.1) is 0 Å². The molecular formula is C17H18ClN3O3. The third kappa shape index (κ3) is 4.70. The number of nitrogens with zero attached hydrogens (tertiary/aromatic N) is 2. The Hall–Kier alpha value is -2.60. The average molecular weight is 348 g/mol. The standard InChI is InChI=1S/C17H18ClN3O3/c1-3-8-19-16(22)12(2)24-17(23)14-9-20-21(11-14)10-13-6-4-5-7-15(13)18/h3-7,9,11-12H,1,8,10H2,2H3,(H,19,22). The Labute approximate surface area is 145 Å². The number of benzene rings is 1. The van der Waals surface area contributed by atoms with Gasteiger partial charge in [0.15, 0.2) is 6.10 Å². The summed E-state index contributed by atoms with van der Waals surface area (Å²) in [6.07, 6.45) is 3.60. The number of hydrogen-bond acceptors (Lipinski definition) is 4. The molecule has 7 heteroatoms. The molecule has 0 radical (unpaired) electrons. The topological polar surface area (TPSA) is 73.2 Å². The Morgan fingerprint density at radius 2 is 2.21 bits per heavy atom. The summed E-state index contributed by atoms with van der Waals surface area (Å²) in [4.78, 5) is 23.7. The van der Waals surface area contributed by atoms with E-state index in [2.05, 4.69) is 17.0 Å². The van der Waals surface area contributed by atoms with E-state index in [1.807, 2.05) is 18.2 Å². The summed E-state index contributed by atoms with van der Waals surface area (Å²) in [5.41, 5.74) is 1.16. The summed E-state index contributed by atoms with van der Waals surface area (Å²) >= 11 is 6.10. The van der Waals surface area contributed by atoms with Crippen molar-refractivity contribution in [1.82, 2.24) is 15.1 Å². The molecular weight excluding hydrogens is 330 g/mol. The van der Waals surface area contributed by atoms with E-state index in [1.165, 1.54) is 13.1 Å². The number of ether oxygens (including phenoxy) is 1. The summed E-state index contributed by atoms with van der Waals surface area (Å²) in [5, 5.41) is 7.31. The zero-order chi connectivity index (χ0) is 17.5. The number of halogens is 1. The molecule has 0 fully saturated rings. The highest BCUT2D eigenvalue weighted by Gasteiger charge is 2.19. The fraction of sp³-hybridized carbons (Fsp3) is 0.235. The van der Waals surface area contributed by atoms with Gasteiger partial charge in [-0.25, -0.2) is 4.79 Å². The first-order valence-electron chi connectivity index (χ1n) is 7.36. The zero-order valence-corrected chi connectivity index (χ0v) is 14.0. The molecule has 1 aromatic carbocycles. The average Bonchev–Trinajstić information content (AvgIpc) is 3.03. The van der Waals surface area contributed by atoms with Gasteiger partial charge in [-0.15, -0.1) is 6.58 Å². The van der Waals surface area contributed by atoms with Gasteiger partial charge in [-0.1, -0.05) is 35.9 Å². The predicted molar refractivity (Wildman–Crippen MR) is 90.9 cm³/mol. The van der Waals surface area contributed by atoms with Crippen LogP contribution < -0.4 is 5.32 Å². The van der Waals surface area contributed by atoms with E-state index >= 15 is 0 Å². The lowest BCUT2D eigenvalue weighted by atomic mass is 10.2. The SMILES string of the molecule is C=CCNC(=O)C(C)OC(=O)c1cnn(Cc2ccccc2Cl)c1. The number of esters is 1.